The molecule has 0 radical (unpaired) electrons. The number of nitrogens with one attached hydrogen (secondary N) is 3. The fourth-order valence-electron chi connectivity index (χ4n) is 3.92. The Morgan fingerprint density at radius 3 is 2.57 bits per heavy atom. The van der Waals surface area contributed by atoms with E-state index in [9.17, 15) is 25.2 Å². The number of ether oxygens (including phenoxy) is 1. The Hall–Kier alpha value is -1.95. The van der Waals surface area contributed by atoms with E-state index >= 15 is 0 Å². The molecular formula is C20H32N4O6. The first-order valence-corrected chi connectivity index (χ1v) is 10.2. The Bertz CT molecular complexity index is 755. The van der Waals surface area contributed by atoms with Crippen molar-refractivity contribution in [1.29, 1.82) is 0 Å². The van der Waals surface area contributed by atoms with Crippen LogP contribution in [0.3, 0.4) is 0 Å². The lowest BCUT2D eigenvalue weighted by atomic mass is 10.0. The minimum absolute atomic E-state index is 0.310. The van der Waals surface area contributed by atoms with Crippen LogP contribution in [0.2, 0.25) is 0 Å². The van der Waals surface area contributed by atoms with Crippen molar-refractivity contribution < 1.29 is 30.0 Å². The number of nitrogens with zero attached hydrogens (tertiary/aromatic N) is 1. The molecular weight excluding hydrogens is 392 g/mol. The number of amides is 1. The molecule has 3 rings (SSSR count). The van der Waals surface area contributed by atoms with Crippen LogP contribution < -0.4 is 16.0 Å². The van der Waals surface area contributed by atoms with E-state index in [2.05, 4.69) is 16.0 Å². The summed E-state index contributed by atoms with van der Waals surface area (Å²) in [5, 5.41) is 50.1. The second kappa shape index (κ2) is 9.04. The highest BCUT2D eigenvalue weighted by molar-refractivity contribution is 5.67. The van der Waals surface area contributed by atoms with Gasteiger partial charge in [0.2, 0.25) is 0 Å². The Morgan fingerprint density at radius 2 is 1.90 bits per heavy atom. The topological polar surface area (TPSA) is 147 Å². The maximum Gasteiger partial charge on any atom is 0.407 e. The SMILES string of the molecule is CC(C)(C)OC(=O)NCCNc1cccc2c1C(O)N(C1CCC(O)NC1O)C2O. The highest BCUT2D eigenvalue weighted by atomic mass is 16.6. The molecule has 1 fully saturated rings. The molecule has 30 heavy (non-hydrogen) atoms. The lowest BCUT2D eigenvalue weighted by molar-refractivity contribution is -0.158. The number of benzene rings is 1. The molecule has 2 aliphatic rings. The van der Waals surface area contributed by atoms with Gasteiger partial charge in [0.15, 0.2) is 0 Å². The normalized spacial score (nSPS) is 29.4. The van der Waals surface area contributed by atoms with E-state index in [0.29, 0.717) is 42.7 Å². The van der Waals surface area contributed by atoms with Gasteiger partial charge >= 0.3 is 6.09 Å². The van der Waals surface area contributed by atoms with Crippen LogP contribution in [0.25, 0.3) is 0 Å². The minimum Gasteiger partial charge on any atom is -0.444 e. The average Bonchev–Trinajstić information content (AvgIpc) is 2.89. The fourth-order valence-corrected chi connectivity index (χ4v) is 3.92. The molecule has 0 spiro atoms. The first-order chi connectivity index (χ1) is 14.1. The molecule has 1 aromatic rings. The third-order valence-corrected chi connectivity index (χ3v) is 5.20. The van der Waals surface area contributed by atoms with E-state index in [-0.39, 0.29) is 0 Å². The number of piperidine rings is 1. The predicted molar refractivity (Wildman–Crippen MR) is 109 cm³/mol. The van der Waals surface area contributed by atoms with Gasteiger partial charge in [-0.15, -0.1) is 0 Å². The summed E-state index contributed by atoms with van der Waals surface area (Å²) in [6.07, 6.45) is -3.81. The van der Waals surface area contributed by atoms with Crippen LogP contribution >= 0.6 is 0 Å². The number of carbonyl (C=O) groups excluding carboxylic acids is 1. The van der Waals surface area contributed by atoms with Crippen molar-refractivity contribution in [2.24, 2.45) is 0 Å². The van der Waals surface area contributed by atoms with Crippen LogP contribution in [0.1, 0.15) is 57.2 Å². The van der Waals surface area contributed by atoms with Crippen molar-refractivity contribution >= 4 is 11.8 Å². The smallest absolute Gasteiger partial charge is 0.407 e. The Balaban J connectivity index is 1.64. The lowest BCUT2D eigenvalue weighted by Crippen LogP contribution is -2.57. The quantitative estimate of drug-likeness (QED) is 0.332. The molecule has 1 amide bonds. The fraction of sp³-hybridized carbons (Fsp3) is 0.650. The summed E-state index contributed by atoms with van der Waals surface area (Å²) in [5.74, 6) is 0. The molecule has 2 heterocycles. The van der Waals surface area contributed by atoms with Gasteiger partial charge in [0.1, 0.15) is 30.5 Å². The minimum atomic E-state index is -1.13. The molecule has 1 saturated heterocycles. The Morgan fingerprint density at radius 1 is 1.17 bits per heavy atom. The monoisotopic (exact) mass is 424 g/mol. The van der Waals surface area contributed by atoms with Gasteiger partial charge < -0.3 is 35.8 Å². The number of anilines is 1. The van der Waals surface area contributed by atoms with Gasteiger partial charge in [-0.2, -0.15) is 0 Å². The number of carbonyl (C=O) groups is 1. The number of fused-ring (bicyclic) bond motifs is 1. The molecule has 7 N–H and O–H groups in total. The molecule has 10 nitrogen and oxygen atoms in total. The summed E-state index contributed by atoms with van der Waals surface area (Å²) >= 11 is 0. The molecule has 5 unspecified atom stereocenters. The molecule has 168 valence electrons. The zero-order chi connectivity index (χ0) is 22.1. The number of hydrogen-bond donors (Lipinski definition) is 7. The molecule has 5 atom stereocenters. The van der Waals surface area contributed by atoms with Crippen LogP contribution in [0.5, 0.6) is 0 Å². The summed E-state index contributed by atoms with van der Waals surface area (Å²) in [5.41, 5.74) is 1.13. The third-order valence-electron chi connectivity index (χ3n) is 5.20. The van der Waals surface area contributed by atoms with E-state index in [1.807, 2.05) is 0 Å². The van der Waals surface area contributed by atoms with Gasteiger partial charge in [0.05, 0.1) is 6.04 Å². The second-order valence-corrected chi connectivity index (χ2v) is 8.63. The third kappa shape index (κ3) is 5.02. The molecule has 0 saturated carbocycles. The van der Waals surface area contributed by atoms with Gasteiger partial charge in [-0.05, 0) is 39.7 Å². The van der Waals surface area contributed by atoms with Crippen molar-refractivity contribution in [3.8, 4) is 0 Å². The standard InChI is InChI=1S/C20H32N4O6/c1-20(2,3)30-19(29)22-10-9-21-12-6-4-5-11-15(12)18(28)24(17(11)27)13-7-8-14(25)23-16(13)26/h4-6,13-14,16-18,21,23,25-28H,7-10H2,1-3H3,(H,22,29). The van der Waals surface area contributed by atoms with Gasteiger partial charge in [0, 0.05) is 29.9 Å². The van der Waals surface area contributed by atoms with E-state index in [4.69, 9.17) is 4.74 Å². The maximum atomic E-state index is 11.7. The van der Waals surface area contributed by atoms with Crippen molar-refractivity contribution in [2.45, 2.75) is 70.2 Å². The van der Waals surface area contributed by atoms with Crippen molar-refractivity contribution in [2.75, 3.05) is 18.4 Å². The summed E-state index contributed by atoms with van der Waals surface area (Å²) in [6.45, 7) is 6.06. The maximum absolute atomic E-state index is 11.7. The number of rotatable bonds is 5. The van der Waals surface area contributed by atoms with E-state index < -0.39 is 42.6 Å². The van der Waals surface area contributed by atoms with Crippen LogP contribution in [-0.2, 0) is 4.74 Å². The van der Waals surface area contributed by atoms with Crippen molar-refractivity contribution in [3.05, 3.63) is 29.3 Å². The van der Waals surface area contributed by atoms with Gasteiger partial charge in [0.25, 0.3) is 0 Å². The van der Waals surface area contributed by atoms with E-state index in [1.165, 1.54) is 4.90 Å². The zero-order valence-electron chi connectivity index (χ0n) is 17.5. The number of aliphatic hydroxyl groups is 4. The second-order valence-electron chi connectivity index (χ2n) is 8.63. The summed E-state index contributed by atoms with van der Waals surface area (Å²) < 4.78 is 5.19. The molecule has 0 bridgehead atoms. The van der Waals surface area contributed by atoms with Gasteiger partial charge in [-0.25, -0.2) is 9.69 Å². The first-order valence-electron chi connectivity index (χ1n) is 10.2. The van der Waals surface area contributed by atoms with Gasteiger partial charge in [-0.3, -0.25) is 5.32 Å². The van der Waals surface area contributed by atoms with Crippen LogP contribution in [0.15, 0.2) is 18.2 Å². The Labute approximate surface area is 175 Å². The van der Waals surface area contributed by atoms with Crippen molar-refractivity contribution in [1.82, 2.24) is 15.5 Å². The molecule has 10 heteroatoms. The molecule has 2 aliphatic heterocycles. The summed E-state index contributed by atoms with van der Waals surface area (Å²) in [7, 11) is 0. The number of alkyl carbamates (subject to hydrolysis) is 1. The van der Waals surface area contributed by atoms with E-state index in [1.54, 1.807) is 39.0 Å². The molecule has 1 aromatic carbocycles. The Kier molecular flexibility index (Phi) is 6.85. The highest BCUT2D eigenvalue weighted by Crippen LogP contribution is 2.45. The molecule has 0 aliphatic carbocycles. The summed E-state index contributed by atoms with van der Waals surface area (Å²) in [6, 6.07) is 4.71. The van der Waals surface area contributed by atoms with Gasteiger partial charge in [-0.1, -0.05) is 12.1 Å². The van der Waals surface area contributed by atoms with Crippen LogP contribution in [0.4, 0.5) is 10.5 Å². The highest BCUT2D eigenvalue weighted by Gasteiger charge is 2.45. The molecule has 0 aromatic heterocycles. The lowest BCUT2D eigenvalue weighted by Gasteiger charge is -2.40. The van der Waals surface area contributed by atoms with E-state index in [0.717, 1.165) is 0 Å². The van der Waals surface area contributed by atoms with Crippen molar-refractivity contribution in [3.63, 3.8) is 0 Å². The van der Waals surface area contributed by atoms with Crippen LogP contribution in [0, 0.1) is 0 Å². The summed E-state index contributed by atoms with van der Waals surface area (Å²) in [4.78, 5) is 13.2. The largest absolute Gasteiger partial charge is 0.444 e. The van der Waals surface area contributed by atoms with Crippen LogP contribution in [-0.4, -0.2) is 68.6 Å². The zero-order valence-corrected chi connectivity index (χ0v) is 17.5. The average molecular weight is 424 g/mol. The number of aliphatic hydroxyl groups excluding tert-OH is 4. The number of hydrogen-bond acceptors (Lipinski definition) is 9. The predicted octanol–water partition coefficient (Wildman–Crippen LogP) is 0.309. The first kappa shape index (κ1) is 22.7.